The number of nitrogens with zero attached hydrogens (tertiary/aromatic N) is 1. The molecule has 0 bridgehead atoms. The van der Waals surface area contributed by atoms with Gasteiger partial charge < -0.3 is 25.6 Å². The van der Waals surface area contributed by atoms with Crippen LogP contribution in [0.2, 0.25) is 5.02 Å². The number of aliphatic hydroxyl groups is 2. The largest absolute Gasteiger partial charge is 0.394 e. The fourth-order valence-corrected chi connectivity index (χ4v) is 3.91. The van der Waals surface area contributed by atoms with Gasteiger partial charge in [0, 0.05) is 23.8 Å². The molecule has 1 fully saturated rings. The molecule has 0 spiro atoms. The molecule has 1 heterocycles. The standard InChI is InChI=1S/C22H28ClN3O4.ClH/c1-26(11-10-15-6-3-2-4-7-15)20-18(30-19(14-27)21(20)28)13-24-22(29)25-17-9-5-8-16(23)12-17;/h2-9,12,18-21,27-28H,10-11,13-14H2,1H3,(H2,24,25,29);1H/t18-,19+,20+,21-;/m1./s1. The van der Waals surface area contributed by atoms with Crippen molar-refractivity contribution in [3.8, 4) is 0 Å². The third-order valence-electron chi connectivity index (χ3n) is 5.29. The maximum absolute atomic E-state index is 12.3. The Morgan fingerprint density at radius 1 is 1.16 bits per heavy atom. The number of likely N-dealkylation sites (N-methyl/N-ethyl adjacent to an activating group) is 1. The quantitative estimate of drug-likeness (QED) is 0.476. The molecule has 2 aromatic rings. The first kappa shape index (κ1) is 25.4. The number of benzene rings is 2. The van der Waals surface area contributed by atoms with E-state index in [-0.39, 0.29) is 31.6 Å². The Morgan fingerprint density at radius 2 is 1.90 bits per heavy atom. The van der Waals surface area contributed by atoms with Crippen molar-refractivity contribution in [2.45, 2.75) is 30.8 Å². The van der Waals surface area contributed by atoms with Crippen LogP contribution in [0.15, 0.2) is 54.6 Å². The first-order valence-electron chi connectivity index (χ1n) is 9.97. The van der Waals surface area contributed by atoms with Crippen molar-refractivity contribution in [2.24, 2.45) is 0 Å². The topological polar surface area (TPSA) is 94.1 Å². The van der Waals surface area contributed by atoms with E-state index in [9.17, 15) is 15.0 Å². The summed E-state index contributed by atoms with van der Waals surface area (Å²) in [5.74, 6) is 0. The van der Waals surface area contributed by atoms with Gasteiger partial charge in [-0.1, -0.05) is 48.0 Å². The monoisotopic (exact) mass is 469 g/mol. The third kappa shape index (κ3) is 7.07. The Labute approximate surface area is 193 Å². The van der Waals surface area contributed by atoms with Crippen LogP contribution in [0.4, 0.5) is 10.5 Å². The van der Waals surface area contributed by atoms with Crippen LogP contribution in [-0.2, 0) is 11.2 Å². The van der Waals surface area contributed by atoms with Crippen molar-refractivity contribution in [3.63, 3.8) is 0 Å². The zero-order valence-electron chi connectivity index (χ0n) is 17.3. The van der Waals surface area contributed by atoms with Gasteiger partial charge in [-0.2, -0.15) is 0 Å². The minimum atomic E-state index is -0.849. The molecule has 2 amide bonds. The SMILES string of the molecule is CN(CCc1ccccc1)[C@@H]1[C@H](O)[C@H](CO)O[C@@H]1CNC(=O)Nc1cccc(Cl)c1.Cl. The molecule has 4 atom stereocenters. The van der Waals surface area contributed by atoms with Gasteiger partial charge in [0.05, 0.1) is 18.8 Å². The average Bonchev–Trinajstić information content (AvgIpc) is 3.06. The van der Waals surface area contributed by atoms with Gasteiger partial charge in [0.1, 0.15) is 12.2 Å². The Hall–Kier alpha value is -1.87. The molecule has 1 aliphatic rings. The zero-order valence-corrected chi connectivity index (χ0v) is 18.9. The molecule has 0 aromatic heterocycles. The Balaban J connectivity index is 0.00000341. The van der Waals surface area contributed by atoms with E-state index in [2.05, 4.69) is 22.8 Å². The molecule has 0 radical (unpaired) electrons. The van der Waals surface area contributed by atoms with E-state index in [1.807, 2.05) is 30.1 Å². The van der Waals surface area contributed by atoms with Gasteiger partial charge in [-0.25, -0.2) is 4.79 Å². The molecule has 0 aliphatic carbocycles. The van der Waals surface area contributed by atoms with E-state index < -0.39 is 24.3 Å². The summed E-state index contributed by atoms with van der Waals surface area (Å²) in [6, 6.07) is 16.2. The number of ether oxygens (including phenoxy) is 1. The van der Waals surface area contributed by atoms with Crippen molar-refractivity contribution in [3.05, 3.63) is 65.2 Å². The summed E-state index contributed by atoms with van der Waals surface area (Å²) in [4.78, 5) is 14.3. The van der Waals surface area contributed by atoms with Crippen LogP contribution in [0.25, 0.3) is 0 Å². The van der Waals surface area contributed by atoms with Gasteiger partial charge in [-0.3, -0.25) is 4.90 Å². The van der Waals surface area contributed by atoms with Gasteiger partial charge >= 0.3 is 6.03 Å². The maximum atomic E-state index is 12.3. The number of anilines is 1. The number of urea groups is 1. The minimum absolute atomic E-state index is 0. The van der Waals surface area contributed by atoms with Gasteiger partial charge in [0.25, 0.3) is 0 Å². The molecule has 3 rings (SSSR count). The lowest BCUT2D eigenvalue weighted by Gasteiger charge is -2.30. The number of amides is 2. The van der Waals surface area contributed by atoms with Crippen molar-refractivity contribution < 1.29 is 19.7 Å². The second-order valence-electron chi connectivity index (χ2n) is 7.44. The number of carbonyl (C=O) groups excluding carboxylic acids is 1. The average molecular weight is 470 g/mol. The minimum Gasteiger partial charge on any atom is -0.394 e. The predicted octanol–water partition coefficient (Wildman–Crippen LogP) is 2.55. The summed E-state index contributed by atoms with van der Waals surface area (Å²) in [5, 5.41) is 26.2. The number of hydrogen-bond donors (Lipinski definition) is 4. The van der Waals surface area contributed by atoms with E-state index in [1.54, 1.807) is 24.3 Å². The highest BCUT2D eigenvalue weighted by molar-refractivity contribution is 6.30. The molecular formula is C22H29Cl2N3O4. The molecule has 170 valence electrons. The Kier molecular flexibility index (Phi) is 10.0. The summed E-state index contributed by atoms with van der Waals surface area (Å²) in [6.07, 6.45) is -1.17. The van der Waals surface area contributed by atoms with E-state index in [4.69, 9.17) is 16.3 Å². The fourth-order valence-electron chi connectivity index (χ4n) is 3.72. The smallest absolute Gasteiger partial charge is 0.319 e. The molecule has 2 aromatic carbocycles. The van der Waals surface area contributed by atoms with Crippen LogP contribution in [0.1, 0.15) is 5.56 Å². The summed E-state index contributed by atoms with van der Waals surface area (Å²) in [6.45, 7) is 0.619. The summed E-state index contributed by atoms with van der Waals surface area (Å²) in [7, 11) is 1.92. The van der Waals surface area contributed by atoms with Crippen LogP contribution in [0.5, 0.6) is 0 Å². The number of nitrogens with one attached hydrogen (secondary N) is 2. The van der Waals surface area contributed by atoms with Crippen LogP contribution in [0, 0.1) is 0 Å². The third-order valence-corrected chi connectivity index (χ3v) is 5.53. The Bertz CT molecular complexity index is 827. The molecular weight excluding hydrogens is 441 g/mol. The summed E-state index contributed by atoms with van der Waals surface area (Å²) in [5.41, 5.74) is 1.78. The number of carbonyl (C=O) groups is 1. The van der Waals surface area contributed by atoms with Gasteiger partial charge in [-0.05, 0) is 37.2 Å². The molecule has 0 saturated carbocycles. The lowest BCUT2D eigenvalue weighted by molar-refractivity contribution is -0.0205. The van der Waals surface area contributed by atoms with E-state index in [0.717, 1.165) is 6.42 Å². The molecule has 4 N–H and O–H groups in total. The van der Waals surface area contributed by atoms with Crippen molar-refractivity contribution in [1.82, 2.24) is 10.2 Å². The number of rotatable bonds is 8. The molecule has 9 heteroatoms. The first-order valence-corrected chi connectivity index (χ1v) is 10.3. The number of hydrogen-bond acceptors (Lipinski definition) is 5. The lowest BCUT2D eigenvalue weighted by Crippen LogP contribution is -2.50. The highest BCUT2D eigenvalue weighted by atomic mass is 35.5. The van der Waals surface area contributed by atoms with E-state index >= 15 is 0 Å². The fraction of sp³-hybridized carbons (Fsp3) is 0.409. The first-order chi connectivity index (χ1) is 14.5. The molecule has 31 heavy (non-hydrogen) atoms. The van der Waals surface area contributed by atoms with E-state index in [0.29, 0.717) is 17.3 Å². The van der Waals surface area contributed by atoms with Crippen molar-refractivity contribution in [2.75, 3.05) is 32.1 Å². The Morgan fingerprint density at radius 3 is 2.58 bits per heavy atom. The lowest BCUT2D eigenvalue weighted by atomic mass is 10.0. The van der Waals surface area contributed by atoms with Gasteiger partial charge in [-0.15, -0.1) is 12.4 Å². The van der Waals surface area contributed by atoms with Crippen molar-refractivity contribution >= 4 is 35.7 Å². The normalized spacial score (nSPS) is 22.7. The summed E-state index contributed by atoms with van der Waals surface area (Å²) >= 11 is 5.94. The number of aliphatic hydroxyl groups excluding tert-OH is 2. The van der Waals surface area contributed by atoms with Gasteiger partial charge in [0.2, 0.25) is 0 Å². The second kappa shape index (κ2) is 12.2. The van der Waals surface area contributed by atoms with Crippen LogP contribution in [-0.4, -0.2) is 72.2 Å². The molecule has 1 saturated heterocycles. The van der Waals surface area contributed by atoms with Crippen LogP contribution in [0.3, 0.4) is 0 Å². The predicted molar refractivity (Wildman–Crippen MR) is 124 cm³/mol. The molecule has 7 nitrogen and oxygen atoms in total. The zero-order chi connectivity index (χ0) is 21.5. The van der Waals surface area contributed by atoms with Crippen molar-refractivity contribution in [1.29, 1.82) is 0 Å². The molecule has 1 aliphatic heterocycles. The maximum Gasteiger partial charge on any atom is 0.319 e. The van der Waals surface area contributed by atoms with Crippen LogP contribution >= 0.6 is 24.0 Å². The van der Waals surface area contributed by atoms with Crippen LogP contribution < -0.4 is 10.6 Å². The van der Waals surface area contributed by atoms with Gasteiger partial charge in [0.15, 0.2) is 0 Å². The van der Waals surface area contributed by atoms with E-state index in [1.165, 1.54) is 5.56 Å². The highest BCUT2D eigenvalue weighted by Crippen LogP contribution is 2.25. The second-order valence-corrected chi connectivity index (χ2v) is 7.87. The molecule has 0 unspecified atom stereocenters. The highest BCUT2D eigenvalue weighted by Gasteiger charge is 2.45. The summed E-state index contributed by atoms with van der Waals surface area (Å²) < 4.78 is 5.82. The number of halogens is 2.